The van der Waals surface area contributed by atoms with E-state index in [9.17, 15) is 0 Å². The third-order valence-corrected chi connectivity index (χ3v) is 4.63. The minimum absolute atomic E-state index is 0.361. The Morgan fingerprint density at radius 3 is 2.89 bits per heavy atom. The second-order valence-electron chi connectivity index (χ2n) is 6.25. The third-order valence-electron chi connectivity index (χ3n) is 4.63. The normalized spacial score (nSPS) is 34.7. The summed E-state index contributed by atoms with van der Waals surface area (Å²) >= 11 is 0. The van der Waals surface area contributed by atoms with Crippen LogP contribution < -0.4 is 5.32 Å². The van der Waals surface area contributed by atoms with Crippen LogP contribution >= 0.6 is 0 Å². The van der Waals surface area contributed by atoms with E-state index in [0.29, 0.717) is 5.41 Å². The average Bonchev–Trinajstić information content (AvgIpc) is 2.40. The summed E-state index contributed by atoms with van der Waals surface area (Å²) in [5.74, 6) is 0. The highest BCUT2D eigenvalue weighted by Gasteiger charge is 2.36. The fourth-order valence-electron chi connectivity index (χ4n) is 3.44. The smallest absolute Gasteiger partial charge is 0.0546 e. The molecule has 0 aromatic heterocycles. The van der Waals surface area contributed by atoms with Crippen LogP contribution in [0.2, 0.25) is 0 Å². The van der Waals surface area contributed by atoms with Crippen LogP contribution in [0.5, 0.6) is 0 Å². The summed E-state index contributed by atoms with van der Waals surface area (Å²) in [5.41, 5.74) is 0.361. The maximum Gasteiger partial charge on any atom is 0.0546 e. The fourth-order valence-corrected chi connectivity index (χ4v) is 3.44. The minimum atomic E-state index is 0.361. The Hall–Kier alpha value is -0.120. The van der Waals surface area contributed by atoms with Crippen LogP contribution in [0.3, 0.4) is 0 Å². The van der Waals surface area contributed by atoms with Crippen molar-refractivity contribution in [3.05, 3.63) is 0 Å². The van der Waals surface area contributed by atoms with Crippen LogP contribution in [-0.2, 0) is 4.74 Å². The van der Waals surface area contributed by atoms with Gasteiger partial charge in [-0.2, -0.15) is 0 Å². The maximum atomic E-state index is 5.79. The molecule has 2 rings (SSSR count). The van der Waals surface area contributed by atoms with Crippen LogP contribution in [0.25, 0.3) is 0 Å². The molecule has 0 aromatic rings. The lowest BCUT2D eigenvalue weighted by molar-refractivity contribution is -0.0357. The van der Waals surface area contributed by atoms with E-state index in [1.807, 2.05) is 0 Å². The van der Waals surface area contributed by atoms with Gasteiger partial charge in [0, 0.05) is 31.2 Å². The van der Waals surface area contributed by atoms with E-state index in [1.165, 1.54) is 45.2 Å². The van der Waals surface area contributed by atoms with Crippen molar-refractivity contribution in [2.24, 2.45) is 5.41 Å². The lowest BCUT2D eigenvalue weighted by atomic mass is 9.81. The Morgan fingerprint density at radius 1 is 1.33 bits per heavy atom. The van der Waals surface area contributed by atoms with Gasteiger partial charge in [0.05, 0.1) is 6.61 Å². The SMILES string of the molecule is CCNCC1(CN2CCCCC2C)CCCOC1. The Balaban J connectivity index is 1.94. The topological polar surface area (TPSA) is 24.5 Å². The van der Waals surface area contributed by atoms with Gasteiger partial charge < -0.3 is 10.1 Å². The van der Waals surface area contributed by atoms with E-state index in [-0.39, 0.29) is 0 Å². The molecule has 0 radical (unpaired) electrons. The van der Waals surface area contributed by atoms with Gasteiger partial charge >= 0.3 is 0 Å². The van der Waals surface area contributed by atoms with Gasteiger partial charge in [0.25, 0.3) is 0 Å². The molecule has 1 N–H and O–H groups in total. The van der Waals surface area contributed by atoms with Gasteiger partial charge in [-0.25, -0.2) is 0 Å². The van der Waals surface area contributed by atoms with E-state index in [4.69, 9.17) is 4.74 Å². The third kappa shape index (κ3) is 3.69. The number of hydrogen-bond acceptors (Lipinski definition) is 3. The molecular formula is C15H30N2O. The molecule has 0 bridgehead atoms. The summed E-state index contributed by atoms with van der Waals surface area (Å²) in [4.78, 5) is 2.70. The maximum absolute atomic E-state index is 5.79. The van der Waals surface area contributed by atoms with Crippen LogP contribution in [0.15, 0.2) is 0 Å². The highest BCUT2D eigenvalue weighted by molar-refractivity contribution is 4.89. The molecule has 0 spiro atoms. The summed E-state index contributed by atoms with van der Waals surface area (Å²) in [6.45, 7) is 11.2. The molecule has 0 amide bonds. The first-order valence-electron chi connectivity index (χ1n) is 7.78. The summed E-state index contributed by atoms with van der Waals surface area (Å²) < 4.78 is 5.79. The van der Waals surface area contributed by atoms with Crippen LogP contribution in [0, 0.1) is 5.41 Å². The first kappa shape index (κ1) is 14.3. The Labute approximate surface area is 112 Å². The zero-order chi connectivity index (χ0) is 12.8. The van der Waals surface area contributed by atoms with E-state index in [1.54, 1.807) is 0 Å². The summed E-state index contributed by atoms with van der Waals surface area (Å²) in [6, 6.07) is 0.763. The summed E-state index contributed by atoms with van der Waals surface area (Å²) in [6.07, 6.45) is 6.71. The molecule has 2 aliphatic rings. The minimum Gasteiger partial charge on any atom is -0.381 e. The Kier molecular flexibility index (Phi) is 5.46. The van der Waals surface area contributed by atoms with Crippen molar-refractivity contribution in [3.63, 3.8) is 0 Å². The van der Waals surface area contributed by atoms with Gasteiger partial charge in [0.1, 0.15) is 0 Å². The van der Waals surface area contributed by atoms with Crippen LogP contribution in [0.1, 0.15) is 46.0 Å². The van der Waals surface area contributed by atoms with E-state index in [2.05, 4.69) is 24.1 Å². The zero-order valence-electron chi connectivity index (χ0n) is 12.2. The van der Waals surface area contributed by atoms with Crippen molar-refractivity contribution < 1.29 is 4.74 Å². The van der Waals surface area contributed by atoms with Gasteiger partial charge in [0.15, 0.2) is 0 Å². The van der Waals surface area contributed by atoms with Gasteiger partial charge in [-0.05, 0) is 45.7 Å². The quantitative estimate of drug-likeness (QED) is 0.814. The second-order valence-corrected chi connectivity index (χ2v) is 6.25. The van der Waals surface area contributed by atoms with Gasteiger partial charge in [-0.15, -0.1) is 0 Å². The standard InChI is InChI=1S/C15H30N2O/c1-3-16-11-15(8-6-10-18-13-15)12-17-9-5-4-7-14(17)2/h14,16H,3-13H2,1-2H3. The predicted molar refractivity (Wildman–Crippen MR) is 75.9 cm³/mol. The average molecular weight is 254 g/mol. The molecule has 3 nitrogen and oxygen atoms in total. The number of nitrogens with one attached hydrogen (secondary N) is 1. The van der Waals surface area contributed by atoms with Gasteiger partial charge in [0.2, 0.25) is 0 Å². The number of nitrogens with zero attached hydrogens (tertiary/aromatic N) is 1. The Bertz CT molecular complexity index is 239. The molecule has 106 valence electrons. The molecule has 0 aromatic carbocycles. The van der Waals surface area contributed by atoms with Gasteiger partial charge in [-0.3, -0.25) is 4.90 Å². The van der Waals surface area contributed by atoms with Crippen LogP contribution in [-0.4, -0.2) is 50.3 Å². The number of piperidine rings is 1. The fraction of sp³-hybridized carbons (Fsp3) is 1.00. The zero-order valence-corrected chi connectivity index (χ0v) is 12.2. The van der Waals surface area contributed by atoms with Crippen molar-refractivity contribution in [1.29, 1.82) is 0 Å². The highest BCUT2D eigenvalue weighted by atomic mass is 16.5. The molecule has 2 saturated heterocycles. The molecular weight excluding hydrogens is 224 g/mol. The number of ether oxygens (including phenoxy) is 1. The van der Waals surface area contributed by atoms with Crippen molar-refractivity contribution in [2.75, 3.05) is 39.4 Å². The Morgan fingerprint density at radius 2 is 2.22 bits per heavy atom. The van der Waals surface area contributed by atoms with Crippen molar-refractivity contribution >= 4 is 0 Å². The molecule has 2 aliphatic heterocycles. The lowest BCUT2D eigenvalue weighted by Crippen LogP contribution is -2.52. The molecule has 18 heavy (non-hydrogen) atoms. The van der Waals surface area contributed by atoms with Crippen molar-refractivity contribution in [3.8, 4) is 0 Å². The van der Waals surface area contributed by atoms with Gasteiger partial charge in [-0.1, -0.05) is 13.3 Å². The van der Waals surface area contributed by atoms with E-state index in [0.717, 1.165) is 32.3 Å². The molecule has 2 atom stereocenters. The summed E-state index contributed by atoms with van der Waals surface area (Å²) in [5, 5.41) is 3.56. The van der Waals surface area contributed by atoms with Crippen molar-refractivity contribution in [2.45, 2.75) is 52.0 Å². The molecule has 0 saturated carbocycles. The largest absolute Gasteiger partial charge is 0.381 e. The lowest BCUT2D eigenvalue weighted by Gasteiger charge is -2.44. The first-order valence-corrected chi connectivity index (χ1v) is 7.78. The van der Waals surface area contributed by atoms with Crippen molar-refractivity contribution in [1.82, 2.24) is 10.2 Å². The molecule has 2 unspecified atom stereocenters. The van der Waals surface area contributed by atoms with Crippen LogP contribution in [0.4, 0.5) is 0 Å². The van der Waals surface area contributed by atoms with E-state index < -0.39 is 0 Å². The number of hydrogen-bond donors (Lipinski definition) is 1. The monoisotopic (exact) mass is 254 g/mol. The molecule has 3 heteroatoms. The molecule has 0 aliphatic carbocycles. The molecule has 2 heterocycles. The second kappa shape index (κ2) is 6.88. The van der Waals surface area contributed by atoms with E-state index >= 15 is 0 Å². The highest BCUT2D eigenvalue weighted by Crippen LogP contribution is 2.31. The summed E-state index contributed by atoms with van der Waals surface area (Å²) in [7, 11) is 0. The predicted octanol–water partition coefficient (Wildman–Crippen LogP) is 2.27. The number of likely N-dealkylation sites (tertiary alicyclic amines) is 1. The first-order chi connectivity index (χ1) is 8.76. The molecule has 2 fully saturated rings. The number of rotatable bonds is 5.